The minimum Gasteiger partial charge on any atom is -0.508 e. The molecule has 1 saturated heterocycles. The minimum atomic E-state index is -0.996. The molecule has 6 heteroatoms. The summed E-state index contributed by atoms with van der Waals surface area (Å²) >= 11 is 0. The molecule has 0 radical (unpaired) electrons. The largest absolute Gasteiger partial charge is 0.508 e. The molecule has 3 heterocycles. The highest BCUT2D eigenvalue weighted by Gasteiger charge is 2.72. The van der Waals surface area contributed by atoms with Gasteiger partial charge in [0.05, 0.1) is 16.7 Å². The molecule has 32 heavy (non-hydrogen) atoms. The smallest absolute Gasteiger partial charge is 0.166 e. The Kier molecular flexibility index (Phi) is 3.02. The van der Waals surface area contributed by atoms with E-state index < -0.39 is 11.0 Å². The highest BCUT2D eigenvalue weighted by atomic mass is 16.5. The van der Waals surface area contributed by atoms with Gasteiger partial charge in [-0.1, -0.05) is 6.07 Å². The lowest BCUT2D eigenvalue weighted by atomic mass is 9.49. The molecule has 2 aliphatic heterocycles. The average Bonchev–Trinajstić information content (AvgIpc) is 3.41. The number of aliphatic hydroxyl groups is 1. The van der Waals surface area contributed by atoms with Gasteiger partial charge in [-0.15, -0.1) is 0 Å². The Hall–Kier alpha value is -2.70. The molecule has 2 aromatic carbocycles. The van der Waals surface area contributed by atoms with E-state index in [-0.39, 0.29) is 23.6 Å². The Morgan fingerprint density at radius 3 is 2.88 bits per heavy atom. The van der Waals surface area contributed by atoms with Gasteiger partial charge in [-0.2, -0.15) is 0 Å². The van der Waals surface area contributed by atoms with Crippen molar-refractivity contribution in [2.24, 2.45) is 5.92 Å². The zero-order valence-electron chi connectivity index (χ0n) is 17.8. The van der Waals surface area contributed by atoms with Crippen LogP contribution < -0.4 is 4.74 Å². The molecule has 4 atom stereocenters. The third kappa shape index (κ3) is 1.88. The number of fused-ring (bicyclic) bond motifs is 4. The molecule has 2 fully saturated rings. The lowest BCUT2D eigenvalue weighted by Crippen LogP contribution is -2.74. The molecule has 1 spiro atoms. The van der Waals surface area contributed by atoms with Gasteiger partial charge in [0.2, 0.25) is 0 Å². The van der Waals surface area contributed by atoms with Crippen molar-refractivity contribution in [1.29, 1.82) is 0 Å². The van der Waals surface area contributed by atoms with Crippen molar-refractivity contribution in [3.05, 3.63) is 52.7 Å². The number of H-pyrrole nitrogens is 1. The maximum absolute atomic E-state index is 12.7. The summed E-state index contributed by atoms with van der Waals surface area (Å²) < 4.78 is 6.57. The first-order chi connectivity index (χ1) is 15.5. The van der Waals surface area contributed by atoms with Crippen molar-refractivity contribution in [3.8, 4) is 17.2 Å². The Balaban J connectivity index is 1.42. The van der Waals surface area contributed by atoms with Crippen LogP contribution in [0.15, 0.2) is 30.3 Å². The zero-order valence-corrected chi connectivity index (χ0v) is 17.8. The summed E-state index contributed by atoms with van der Waals surface area (Å²) in [5.74, 6) is 1.68. The fourth-order valence-electron chi connectivity index (χ4n) is 7.61. The van der Waals surface area contributed by atoms with Gasteiger partial charge in [-0.3, -0.25) is 4.90 Å². The van der Waals surface area contributed by atoms with Crippen molar-refractivity contribution in [2.45, 2.75) is 55.3 Å². The van der Waals surface area contributed by atoms with Crippen LogP contribution in [0.5, 0.6) is 17.2 Å². The number of piperidine rings is 1. The number of phenols is 2. The molecular formula is C26H26N2O4. The molecule has 8 rings (SSSR count). The molecule has 0 amide bonds. The van der Waals surface area contributed by atoms with E-state index in [1.807, 2.05) is 12.1 Å². The van der Waals surface area contributed by atoms with Gasteiger partial charge in [-0.05, 0) is 73.5 Å². The van der Waals surface area contributed by atoms with Crippen LogP contribution in [0.2, 0.25) is 0 Å². The molecule has 2 bridgehead atoms. The van der Waals surface area contributed by atoms with Crippen molar-refractivity contribution in [1.82, 2.24) is 9.88 Å². The first-order valence-corrected chi connectivity index (χ1v) is 11.8. The number of rotatable bonds is 2. The number of hydrogen-bond donors (Lipinski definition) is 4. The number of hydrogen-bond acceptors (Lipinski definition) is 5. The number of benzene rings is 2. The summed E-state index contributed by atoms with van der Waals surface area (Å²) in [6.45, 7) is 1.99. The van der Waals surface area contributed by atoms with Crippen LogP contribution in [-0.4, -0.2) is 49.9 Å². The molecule has 6 nitrogen and oxygen atoms in total. The molecule has 3 aliphatic carbocycles. The third-order valence-corrected chi connectivity index (χ3v) is 9.14. The molecular weight excluding hydrogens is 404 g/mol. The molecule has 5 aliphatic rings. The number of likely N-dealkylation sites (tertiary alicyclic amines) is 1. The second kappa shape index (κ2) is 5.43. The molecule has 3 aromatic rings. The highest BCUT2D eigenvalue weighted by molar-refractivity contribution is 5.87. The van der Waals surface area contributed by atoms with Crippen LogP contribution >= 0.6 is 0 Å². The van der Waals surface area contributed by atoms with Crippen LogP contribution in [0.4, 0.5) is 0 Å². The maximum Gasteiger partial charge on any atom is 0.166 e. The van der Waals surface area contributed by atoms with Crippen molar-refractivity contribution < 1.29 is 20.1 Å². The average molecular weight is 431 g/mol. The lowest BCUT2D eigenvalue weighted by Gasteiger charge is -2.62. The monoisotopic (exact) mass is 430 g/mol. The summed E-state index contributed by atoms with van der Waals surface area (Å²) in [5.41, 5.74) is 3.62. The van der Waals surface area contributed by atoms with E-state index >= 15 is 0 Å². The van der Waals surface area contributed by atoms with Crippen molar-refractivity contribution in [2.75, 3.05) is 13.1 Å². The molecule has 4 N–H and O–H groups in total. The van der Waals surface area contributed by atoms with Crippen molar-refractivity contribution in [3.63, 3.8) is 0 Å². The molecule has 1 aromatic heterocycles. The number of aromatic nitrogens is 1. The number of nitrogens with zero attached hydrogens (tertiary/aromatic N) is 1. The van der Waals surface area contributed by atoms with Crippen LogP contribution in [0.1, 0.15) is 47.8 Å². The van der Waals surface area contributed by atoms with Crippen LogP contribution in [0.3, 0.4) is 0 Å². The molecule has 0 unspecified atom stereocenters. The van der Waals surface area contributed by atoms with Gasteiger partial charge in [0.25, 0.3) is 0 Å². The fourth-order valence-corrected chi connectivity index (χ4v) is 7.61. The Labute approximate surface area is 185 Å². The lowest BCUT2D eigenvalue weighted by molar-refractivity contribution is -0.173. The van der Waals surface area contributed by atoms with Crippen LogP contribution in [-0.2, 0) is 18.3 Å². The Bertz CT molecular complexity index is 1330. The second-order valence-electron chi connectivity index (χ2n) is 10.7. The standard InChI is InChI=1S/C26H26N2O4/c29-15-4-5-18-16(10-15)17-11-26(31)20-9-14-3-6-19(30)23-21(14)25(26,24(32-23)22(17)27-18)7-8-28(20)12-13-1-2-13/h3-6,10,13,20,24,27,29-31H,1-2,7-9,11-12H2/t20-,24+,25+,26-/m1/s1. The van der Waals surface area contributed by atoms with Crippen LogP contribution in [0.25, 0.3) is 10.9 Å². The fraction of sp³-hybridized carbons (Fsp3) is 0.462. The summed E-state index contributed by atoms with van der Waals surface area (Å²) in [5, 5.41) is 34.6. The SMILES string of the molecule is Oc1ccc2[nH]c3c(c2c1)C[C@@]1(O)[C@H]2Cc4ccc(O)c5c4[C@@]1(CCN2CC1CC1)[C@H]3O5. The number of aromatic hydroxyl groups is 2. The van der Waals surface area contributed by atoms with E-state index in [0.717, 1.165) is 59.6 Å². The van der Waals surface area contributed by atoms with Crippen LogP contribution in [0, 0.1) is 5.92 Å². The normalized spacial score (nSPS) is 34.3. The number of aromatic amines is 1. The molecule has 1 saturated carbocycles. The van der Waals surface area contributed by atoms with Gasteiger partial charge >= 0.3 is 0 Å². The quantitative estimate of drug-likeness (QED) is 0.501. The first-order valence-electron chi connectivity index (χ1n) is 11.8. The van der Waals surface area contributed by atoms with E-state index in [2.05, 4.69) is 9.88 Å². The van der Waals surface area contributed by atoms with Gasteiger partial charge in [0.15, 0.2) is 17.6 Å². The predicted molar refractivity (Wildman–Crippen MR) is 118 cm³/mol. The van der Waals surface area contributed by atoms with Crippen molar-refractivity contribution >= 4 is 10.9 Å². The topological polar surface area (TPSA) is 89.0 Å². The summed E-state index contributed by atoms with van der Waals surface area (Å²) in [6.07, 6.45) is 4.30. The van der Waals surface area contributed by atoms with Gasteiger partial charge in [-0.25, -0.2) is 0 Å². The summed E-state index contributed by atoms with van der Waals surface area (Å²) in [7, 11) is 0. The number of nitrogens with one attached hydrogen (secondary N) is 1. The predicted octanol–water partition coefficient (Wildman–Crippen LogP) is 3.28. The van der Waals surface area contributed by atoms with Gasteiger partial charge in [0, 0.05) is 35.5 Å². The minimum absolute atomic E-state index is 0.0151. The third-order valence-electron chi connectivity index (χ3n) is 9.14. The summed E-state index contributed by atoms with van der Waals surface area (Å²) in [6, 6.07) is 9.17. The zero-order chi connectivity index (χ0) is 21.4. The second-order valence-corrected chi connectivity index (χ2v) is 10.7. The van der Waals surface area contributed by atoms with E-state index in [1.165, 1.54) is 18.4 Å². The number of ether oxygens (including phenoxy) is 1. The Morgan fingerprint density at radius 1 is 1.16 bits per heavy atom. The summed E-state index contributed by atoms with van der Waals surface area (Å²) in [4.78, 5) is 6.09. The maximum atomic E-state index is 12.7. The van der Waals surface area contributed by atoms with Gasteiger partial charge < -0.3 is 25.0 Å². The van der Waals surface area contributed by atoms with E-state index in [9.17, 15) is 15.3 Å². The molecule has 164 valence electrons. The van der Waals surface area contributed by atoms with E-state index in [0.29, 0.717) is 12.2 Å². The van der Waals surface area contributed by atoms with E-state index in [1.54, 1.807) is 18.2 Å². The van der Waals surface area contributed by atoms with Gasteiger partial charge in [0.1, 0.15) is 5.75 Å². The highest BCUT2D eigenvalue weighted by Crippen LogP contribution is 2.69. The first kappa shape index (κ1) is 17.8. The Morgan fingerprint density at radius 2 is 2.03 bits per heavy atom. The van der Waals surface area contributed by atoms with E-state index in [4.69, 9.17) is 4.74 Å². The number of phenolic OH excluding ortho intramolecular Hbond substituents is 2.